The molecule has 0 bridgehead atoms. The summed E-state index contributed by atoms with van der Waals surface area (Å²) in [4.78, 5) is 11.8. The van der Waals surface area contributed by atoms with Crippen LogP contribution in [-0.4, -0.2) is 16.2 Å². The van der Waals surface area contributed by atoms with Crippen LogP contribution in [0.1, 0.15) is 25.8 Å². The van der Waals surface area contributed by atoms with Gasteiger partial charge in [-0.15, -0.1) is 15.7 Å². The van der Waals surface area contributed by atoms with Gasteiger partial charge in [0.15, 0.2) is 9.92 Å². The van der Waals surface area contributed by atoms with Crippen LogP contribution in [0.15, 0.2) is 20.0 Å². The molecule has 1 aromatic rings. The van der Waals surface area contributed by atoms with Gasteiger partial charge < -0.3 is 5.73 Å². The molecule has 102 valence electrons. The third-order valence-electron chi connectivity index (χ3n) is 2.35. The lowest BCUT2D eigenvalue weighted by Gasteiger charge is -2.10. The molecule has 0 saturated heterocycles. The molecule has 4 N–H and O–H groups in total. The van der Waals surface area contributed by atoms with Crippen molar-refractivity contribution in [2.24, 2.45) is 21.2 Å². The summed E-state index contributed by atoms with van der Waals surface area (Å²) in [5, 5.41) is 7.42. The zero-order valence-electron chi connectivity index (χ0n) is 10.8. The van der Waals surface area contributed by atoms with E-state index in [4.69, 9.17) is 10.9 Å². The van der Waals surface area contributed by atoms with Crippen molar-refractivity contribution in [2.75, 3.05) is 0 Å². The number of rotatable bonds is 4. The number of hydrogen-bond donors (Lipinski definition) is 2. The maximum absolute atomic E-state index is 12.2. The van der Waals surface area contributed by atoms with Crippen molar-refractivity contribution in [3.63, 3.8) is 0 Å². The van der Waals surface area contributed by atoms with Gasteiger partial charge in [0.2, 0.25) is 0 Å². The van der Waals surface area contributed by atoms with Crippen molar-refractivity contribution in [1.82, 2.24) is 0 Å². The molecule has 0 aliphatic heterocycles. The van der Waals surface area contributed by atoms with Gasteiger partial charge in [0.05, 0.1) is 6.04 Å². The number of hydrogen-bond acceptors (Lipinski definition) is 4. The minimum Gasteiger partial charge on any atom is -0.320 e. The summed E-state index contributed by atoms with van der Waals surface area (Å²) in [5.74, 6) is -0.319. The predicted molar refractivity (Wildman–Crippen MR) is 74.5 cm³/mol. The number of nitrogens with two attached hydrogens (primary N) is 2. The van der Waals surface area contributed by atoms with E-state index in [1.165, 1.54) is 11.3 Å². The Bertz CT molecular complexity index is 542. The van der Waals surface area contributed by atoms with E-state index in [0.29, 0.717) is 10.6 Å². The molecule has 0 spiro atoms. The van der Waals surface area contributed by atoms with E-state index in [2.05, 4.69) is 4.36 Å². The van der Waals surface area contributed by atoms with Crippen molar-refractivity contribution < 1.29 is 9.00 Å². The van der Waals surface area contributed by atoms with Gasteiger partial charge >= 0.3 is 0 Å². The topological polar surface area (TPSA) is 98.5 Å². The van der Waals surface area contributed by atoms with Crippen molar-refractivity contribution in [3.8, 4) is 0 Å². The SMILES string of the molecule is Cc1ccsc1S(N)(=O)=NC(=O)C(N)CC(C)C. The van der Waals surface area contributed by atoms with Gasteiger partial charge in [-0.25, -0.2) is 9.35 Å². The monoisotopic (exact) mass is 289 g/mol. The molecule has 1 amide bonds. The molecule has 7 heteroatoms. The van der Waals surface area contributed by atoms with Gasteiger partial charge in [-0.2, -0.15) is 0 Å². The van der Waals surface area contributed by atoms with E-state index >= 15 is 0 Å². The first kappa shape index (κ1) is 15.3. The second-order valence-electron chi connectivity index (χ2n) is 4.63. The smallest absolute Gasteiger partial charge is 0.271 e. The van der Waals surface area contributed by atoms with Crippen LogP contribution in [0, 0.1) is 12.8 Å². The molecule has 1 rings (SSSR count). The van der Waals surface area contributed by atoms with E-state index in [9.17, 15) is 9.00 Å². The third kappa shape index (κ3) is 3.88. The number of carbonyl (C=O) groups excluding carboxylic acids is 1. The largest absolute Gasteiger partial charge is 0.320 e. The Morgan fingerprint density at radius 2 is 2.17 bits per heavy atom. The lowest BCUT2D eigenvalue weighted by molar-refractivity contribution is -0.119. The zero-order chi connectivity index (χ0) is 13.9. The fraction of sp³-hybridized carbons (Fsp3) is 0.545. The average molecular weight is 289 g/mol. The number of thiophene rings is 1. The Morgan fingerprint density at radius 3 is 2.61 bits per heavy atom. The van der Waals surface area contributed by atoms with E-state index in [0.717, 1.165) is 5.56 Å². The lowest BCUT2D eigenvalue weighted by Crippen LogP contribution is -2.32. The van der Waals surface area contributed by atoms with Crippen molar-refractivity contribution in [3.05, 3.63) is 17.0 Å². The molecule has 18 heavy (non-hydrogen) atoms. The Morgan fingerprint density at radius 1 is 1.56 bits per heavy atom. The molecule has 2 unspecified atom stereocenters. The Hall–Kier alpha value is -0.760. The van der Waals surface area contributed by atoms with Crippen LogP contribution < -0.4 is 10.9 Å². The minimum atomic E-state index is -3.16. The lowest BCUT2D eigenvalue weighted by atomic mass is 10.0. The first-order valence-corrected chi connectivity index (χ1v) is 8.08. The molecule has 0 aliphatic carbocycles. The predicted octanol–water partition coefficient (Wildman–Crippen LogP) is 1.66. The number of carbonyl (C=O) groups is 1. The van der Waals surface area contributed by atoms with Gasteiger partial charge in [-0.1, -0.05) is 13.8 Å². The van der Waals surface area contributed by atoms with Gasteiger partial charge in [-0.05, 0) is 36.3 Å². The summed E-state index contributed by atoms with van der Waals surface area (Å²) in [6, 6.07) is 1.05. The standard InChI is InChI=1S/C11H19N3O2S2/c1-7(2)6-9(12)10(15)14-18(13,16)11-8(3)4-5-17-11/h4-5,7,9H,6,12H2,1-3H3,(H2,13,14,15,16). The van der Waals surface area contributed by atoms with Crippen molar-refractivity contribution in [1.29, 1.82) is 0 Å². The maximum Gasteiger partial charge on any atom is 0.271 e. The maximum atomic E-state index is 12.2. The number of amides is 1. The van der Waals surface area contributed by atoms with Crippen LogP contribution in [-0.2, 0) is 14.7 Å². The first-order chi connectivity index (χ1) is 8.24. The summed E-state index contributed by atoms with van der Waals surface area (Å²) in [5.41, 5.74) is 6.47. The molecule has 0 fully saturated rings. The van der Waals surface area contributed by atoms with Crippen LogP contribution in [0.5, 0.6) is 0 Å². The van der Waals surface area contributed by atoms with Crippen LogP contribution in [0.4, 0.5) is 0 Å². The van der Waals surface area contributed by atoms with Crippen LogP contribution in [0.2, 0.25) is 0 Å². The van der Waals surface area contributed by atoms with E-state index in [1.807, 2.05) is 13.8 Å². The average Bonchev–Trinajstić information content (AvgIpc) is 2.63. The fourth-order valence-corrected chi connectivity index (χ4v) is 4.00. The second kappa shape index (κ2) is 5.92. The van der Waals surface area contributed by atoms with Gasteiger partial charge in [0.25, 0.3) is 5.91 Å². The molecule has 0 aromatic carbocycles. The number of nitrogens with zero attached hydrogens (tertiary/aromatic N) is 1. The molecular formula is C11H19N3O2S2. The normalized spacial score (nSPS) is 16.3. The van der Waals surface area contributed by atoms with Crippen LogP contribution in [0.3, 0.4) is 0 Å². The minimum absolute atomic E-state index is 0.274. The highest BCUT2D eigenvalue weighted by atomic mass is 32.2. The molecule has 0 aliphatic rings. The van der Waals surface area contributed by atoms with Crippen molar-refractivity contribution >= 4 is 27.2 Å². The van der Waals surface area contributed by atoms with Crippen molar-refractivity contribution in [2.45, 2.75) is 37.4 Å². The Kier molecular flexibility index (Phi) is 5.03. The summed E-state index contributed by atoms with van der Waals surface area (Å²) in [6.07, 6.45) is 0.501. The molecule has 0 saturated carbocycles. The van der Waals surface area contributed by atoms with Gasteiger partial charge in [0.1, 0.15) is 4.21 Å². The van der Waals surface area contributed by atoms with Crippen LogP contribution in [0.25, 0.3) is 0 Å². The highest BCUT2D eigenvalue weighted by molar-refractivity contribution is 7.93. The van der Waals surface area contributed by atoms with E-state index in [1.54, 1.807) is 18.4 Å². The summed E-state index contributed by atoms with van der Waals surface area (Å²) in [7, 11) is -3.16. The molecular weight excluding hydrogens is 270 g/mol. The van der Waals surface area contributed by atoms with Gasteiger partial charge in [0, 0.05) is 0 Å². The third-order valence-corrected chi connectivity index (χ3v) is 5.47. The highest BCUT2D eigenvalue weighted by Gasteiger charge is 2.19. The zero-order valence-corrected chi connectivity index (χ0v) is 12.4. The number of aryl methyl sites for hydroxylation is 1. The molecule has 1 aromatic heterocycles. The first-order valence-electron chi connectivity index (χ1n) is 5.62. The quantitative estimate of drug-likeness (QED) is 0.881. The molecule has 5 nitrogen and oxygen atoms in total. The molecule has 0 radical (unpaired) electrons. The fourth-order valence-electron chi connectivity index (χ4n) is 1.51. The second-order valence-corrected chi connectivity index (χ2v) is 7.53. The highest BCUT2D eigenvalue weighted by Crippen LogP contribution is 2.22. The van der Waals surface area contributed by atoms with E-state index < -0.39 is 21.9 Å². The Labute approximate surface area is 112 Å². The summed E-state index contributed by atoms with van der Waals surface area (Å²) >= 11 is 1.24. The molecule has 1 heterocycles. The Balaban J connectivity index is 2.99. The van der Waals surface area contributed by atoms with Crippen LogP contribution >= 0.6 is 11.3 Å². The summed E-state index contributed by atoms with van der Waals surface area (Å²) < 4.78 is 16.3. The van der Waals surface area contributed by atoms with Gasteiger partial charge in [-0.3, -0.25) is 4.79 Å². The van der Waals surface area contributed by atoms with E-state index in [-0.39, 0.29) is 5.92 Å². The summed E-state index contributed by atoms with van der Waals surface area (Å²) in [6.45, 7) is 5.69. The molecule has 2 atom stereocenters.